The minimum atomic E-state index is -0.800. The number of aliphatic hydroxyl groups excluding tert-OH is 1. The third-order valence-corrected chi connectivity index (χ3v) is 6.37. The van der Waals surface area contributed by atoms with Crippen LogP contribution in [0.1, 0.15) is 29.7 Å². The van der Waals surface area contributed by atoms with E-state index < -0.39 is 17.7 Å². The summed E-state index contributed by atoms with van der Waals surface area (Å²) in [5.41, 5.74) is 1.87. The lowest BCUT2D eigenvalue weighted by Gasteiger charge is -2.26. The second-order valence-corrected chi connectivity index (χ2v) is 8.64. The molecule has 1 unspecified atom stereocenters. The average Bonchev–Trinajstić information content (AvgIpc) is 3.18. The van der Waals surface area contributed by atoms with Crippen molar-refractivity contribution in [3.8, 4) is 23.0 Å². The number of hydrogen-bond donors (Lipinski definition) is 1. The molecule has 5 rings (SSSR count). The molecule has 3 aromatic rings. The van der Waals surface area contributed by atoms with Crippen molar-refractivity contribution < 1.29 is 33.6 Å². The van der Waals surface area contributed by atoms with E-state index in [0.717, 1.165) is 11.3 Å². The molecule has 0 aromatic heterocycles. The first-order chi connectivity index (χ1) is 18.0. The second-order valence-electron chi connectivity index (χ2n) is 8.64. The largest absolute Gasteiger partial charge is 0.507 e. The Morgan fingerprint density at radius 3 is 2.30 bits per heavy atom. The Bertz CT molecular complexity index is 1350. The zero-order valence-electron chi connectivity index (χ0n) is 20.6. The van der Waals surface area contributed by atoms with E-state index in [2.05, 4.69) is 0 Å². The number of amides is 1. The quantitative estimate of drug-likeness (QED) is 0.290. The number of rotatable bonds is 7. The Labute approximate surface area is 214 Å². The molecule has 1 amide bonds. The fraction of sp³-hybridized carbons (Fsp3) is 0.241. The van der Waals surface area contributed by atoms with Crippen LogP contribution in [-0.4, -0.2) is 48.6 Å². The maximum atomic E-state index is 13.3. The molecule has 8 heteroatoms. The van der Waals surface area contributed by atoms with Gasteiger partial charge in [-0.1, -0.05) is 24.3 Å². The Hall–Kier alpha value is -4.46. The maximum absolute atomic E-state index is 13.3. The second kappa shape index (κ2) is 10.3. The van der Waals surface area contributed by atoms with Crippen LogP contribution in [0.15, 0.2) is 72.3 Å². The zero-order valence-corrected chi connectivity index (χ0v) is 20.6. The lowest BCUT2D eigenvalue weighted by Crippen LogP contribution is -2.29. The number of hydrogen-bond acceptors (Lipinski definition) is 7. The van der Waals surface area contributed by atoms with Gasteiger partial charge in [-0.05, 0) is 60.5 Å². The fourth-order valence-corrected chi connectivity index (χ4v) is 4.58. The van der Waals surface area contributed by atoms with Crippen LogP contribution in [0.3, 0.4) is 0 Å². The van der Waals surface area contributed by atoms with Gasteiger partial charge in [-0.15, -0.1) is 0 Å². The van der Waals surface area contributed by atoms with Gasteiger partial charge in [0.2, 0.25) is 0 Å². The number of ether oxygens (including phenoxy) is 4. The molecule has 0 aliphatic carbocycles. The summed E-state index contributed by atoms with van der Waals surface area (Å²) < 4.78 is 22.0. The molecule has 2 aliphatic rings. The molecule has 1 saturated heterocycles. The highest BCUT2D eigenvalue weighted by Crippen LogP contribution is 2.42. The highest BCUT2D eigenvalue weighted by atomic mass is 16.6. The van der Waals surface area contributed by atoms with Crippen LogP contribution in [0.4, 0.5) is 0 Å². The normalized spacial score (nSPS) is 18.1. The van der Waals surface area contributed by atoms with Crippen molar-refractivity contribution in [2.75, 3.05) is 26.9 Å². The van der Waals surface area contributed by atoms with Gasteiger partial charge in [0.25, 0.3) is 11.7 Å². The average molecular weight is 502 g/mol. The standard InChI is InChI=1S/C29H27NO7/c1-3-35-22-9-4-18(5-10-22)17-30-26(19-6-11-21(34-2)12-7-19)25(28(32)29(30)33)27(31)20-8-13-23-24(16-20)37-15-14-36-23/h4-13,16,26,31H,3,14-15,17H2,1-2H3/b27-25-. The monoisotopic (exact) mass is 501 g/mol. The number of carbonyl (C=O) groups is 2. The Balaban J connectivity index is 1.57. The summed E-state index contributed by atoms with van der Waals surface area (Å²) in [5.74, 6) is 0.682. The summed E-state index contributed by atoms with van der Waals surface area (Å²) in [6.07, 6.45) is 0. The van der Waals surface area contributed by atoms with Crippen LogP contribution >= 0.6 is 0 Å². The van der Waals surface area contributed by atoms with Crippen molar-refractivity contribution in [1.82, 2.24) is 4.90 Å². The molecular formula is C29H27NO7. The van der Waals surface area contributed by atoms with Crippen molar-refractivity contribution in [2.45, 2.75) is 19.5 Å². The van der Waals surface area contributed by atoms with Crippen molar-refractivity contribution in [1.29, 1.82) is 0 Å². The number of methoxy groups -OCH3 is 1. The predicted molar refractivity (Wildman–Crippen MR) is 136 cm³/mol. The van der Waals surface area contributed by atoms with Gasteiger partial charge in [-0.2, -0.15) is 0 Å². The minimum absolute atomic E-state index is 0.0118. The molecule has 190 valence electrons. The molecule has 1 N–H and O–H groups in total. The van der Waals surface area contributed by atoms with Crippen LogP contribution in [0.25, 0.3) is 5.76 Å². The molecule has 2 aliphatic heterocycles. The van der Waals surface area contributed by atoms with E-state index in [9.17, 15) is 14.7 Å². The number of benzene rings is 3. The molecule has 37 heavy (non-hydrogen) atoms. The number of aliphatic hydroxyl groups is 1. The van der Waals surface area contributed by atoms with Crippen molar-refractivity contribution >= 4 is 17.4 Å². The predicted octanol–water partition coefficient (Wildman–Crippen LogP) is 4.49. The van der Waals surface area contributed by atoms with Crippen LogP contribution in [-0.2, 0) is 16.1 Å². The van der Waals surface area contributed by atoms with E-state index in [1.807, 2.05) is 31.2 Å². The minimum Gasteiger partial charge on any atom is -0.507 e. The fourth-order valence-electron chi connectivity index (χ4n) is 4.58. The van der Waals surface area contributed by atoms with Crippen LogP contribution < -0.4 is 18.9 Å². The van der Waals surface area contributed by atoms with Gasteiger partial charge < -0.3 is 29.0 Å². The van der Waals surface area contributed by atoms with E-state index >= 15 is 0 Å². The summed E-state index contributed by atoms with van der Waals surface area (Å²) >= 11 is 0. The highest BCUT2D eigenvalue weighted by Gasteiger charge is 2.46. The van der Waals surface area contributed by atoms with Gasteiger partial charge in [0.05, 0.1) is 25.3 Å². The van der Waals surface area contributed by atoms with Gasteiger partial charge in [-0.25, -0.2) is 0 Å². The zero-order chi connectivity index (χ0) is 25.9. The first kappa shape index (κ1) is 24.2. The molecular weight excluding hydrogens is 474 g/mol. The van der Waals surface area contributed by atoms with Gasteiger partial charge in [0, 0.05) is 12.1 Å². The highest BCUT2D eigenvalue weighted by molar-refractivity contribution is 6.46. The molecule has 8 nitrogen and oxygen atoms in total. The topological polar surface area (TPSA) is 94.5 Å². The Morgan fingerprint density at radius 1 is 0.946 bits per heavy atom. The lowest BCUT2D eigenvalue weighted by atomic mass is 9.95. The molecule has 0 spiro atoms. The van der Waals surface area contributed by atoms with E-state index in [0.29, 0.717) is 48.2 Å². The summed E-state index contributed by atoms with van der Waals surface area (Å²) in [6, 6.07) is 18.6. The first-order valence-corrected chi connectivity index (χ1v) is 12.0. The number of Topliss-reactive ketones (excluding diaryl/α,β-unsaturated/α-hetero) is 1. The van der Waals surface area contributed by atoms with Gasteiger partial charge in [0.1, 0.15) is 30.5 Å². The van der Waals surface area contributed by atoms with Crippen LogP contribution in [0.5, 0.6) is 23.0 Å². The lowest BCUT2D eigenvalue weighted by molar-refractivity contribution is -0.140. The van der Waals surface area contributed by atoms with Gasteiger partial charge in [0.15, 0.2) is 11.5 Å². The van der Waals surface area contributed by atoms with Gasteiger partial charge in [-0.3, -0.25) is 9.59 Å². The third-order valence-electron chi connectivity index (χ3n) is 6.37. The molecule has 0 saturated carbocycles. The SMILES string of the molecule is CCOc1ccc(CN2C(=O)C(=O)/C(=C(\O)c3ccc4c(c3)OCCO4)C2c2ccc(OC)cc2)cc1. The van der Waals surface area contributed by atoms with E-state index in [4.69, 9.17) is 18.9 Å². The number of fused-ring (bicyclic) bond motifs is 1. The van der Waals surface area contributed by atoms with Crippen molar-refractivity contribution in [3.63, 3.8) is 0 Å². The first-order valence-electron chi connectivity index (χ1n) is 12.0. The molecule has 1 fully saturated rings. The Kier molecular flexibility index (Phi) is 6.72. The van der Waals surface area contributed by atoms with Gasteiger partial charge >= 0.3 is 0 Å². The number of carbonyl (C=O) groups excluding carboxylic acids is 2. The molecule has 0 radical (unpaired) electrons. The van der Waals surface area contributed by atoms with Crippen molar-refractivity contribution in [2.24, 2.45) is 0 Å². The summed E-state index contributed by atoms with van der Waals surface area (Å²) in [4.78, 5) is 28.1. The third kappa shape index (κ3) is 4.70. The maximum Gasteiger partial charge on any atom is 0.295 e. The van der Waals surface area contributed by atoms with E-state index in [1.54, 1.807) is 49.6 Å². The Morgan fingerprint density at radius 2 is 1.62 bits per heavy atom. The van der Waals surface area contributed by atoms with Crippen LogP contribution in [0, 0.1) is 0 Å². The number of nitrogens with zero attached hydrogens (tertiary/aromatic N) is 1. The summed E-state index contributed by atoms with van der Waals surface area (Å²) in [5, 5.41) is 11.4. The number of likely N-dealkylation sites (tertiary alicyclic amines) is 1. The molecule has 0 bridgehead atoms. The smallest absolute Gasteiger partial charge is 0.295 e. The molecule has 1 atom stereocenters. The summed E-state index contributed by atoms with van der Waals surface area (Å²) in [6.45, 7) is 3.45. The van der Waals surface area contributed by atoms with Crippen LogP contribution in [0.2, 0.25) is 0 Å². The summed E-state index contributed by atoms with van der Waals surface area (Å²) in [7, 11) is 1.56. The number of ketones is 1. The molecule has 2 heterocycles. The van der Waals surface area contributed by atoms with Crippen molar-refractivity contribution in [3.05, 3.63) is 89.0 Å². The van der Waals surface area contributed by atoms with E-state index in [-0.39, 0.29) is 17.9 Å². The molecule has 3 aromatic carbocycles. The van der Waals surface area contributed by atoms with E-state index in [1.165, 1.54) is 4.90 Å².